The van der Waals surface area contributed by atoms with E-state index in [4.69, 9.17) is 0 Å². The smallest absolute Gasteiger partial charge is 0.123 e. The molecule has 0 aliphatic heterocycles. The number of rotatable bonds is 2. The number of nitrogens with zero attached hydrogens (tertiary/aromatic N) is 1. The van der Waals surface area contributed by atoms with Crippen LogP contribution in [0.15, 0.2) is 24.4 Å². The van der Waals surface area contributed by atoms with Crippen LogP contribution in [0.5, 0.6) is 0 Å². The molecular formula is C15H18FN. The van der Waals surface area contributed by atoms with Crippen LogP contribution in [0.1, 0.15) is 27.9 Å². The van der Waals surface area contributed by atoms with E-state index in [1.165, 1.54) is 22.9 Å². The second kappa shape index (κ2) is 4.36. The summed E-state index contributed by atoms with van der Waals surface area (Å²) >= 11 is 0. The highest BCUT2D eigenvalue weighted by Gasteiger charge is 2.07. The zero-order valence-electron chi connectivity index (χ0n) is 10.8. The van der Waals surface area contributed by atoms with E-state index in [0.29, 0.717) is 0 Å². The Labute approximate surface area is 102 Å². The molecule has 0 fully saturated rings. The minimum Gasteiger partial charge on any atom is -0.347 e. The van der Waals surface area contributed by atoms with Gasteiger partial charge in [-0.2, -0.15) is 0 Å². The van der Waals surface area contributed by atoms with Crippen molar-refractivity contribution in [2.45, 2.75) is 34.2 Å². The van der Waals surface area contributed by atoms with E-state index in [1.807, 2.05) is 13.0 Å². The molecule has 1 aromatic heterocycles. The first-order chi connectivity index (χ1) is 7.99. The van der Waals surface area contributed by atoms with E-state index in [1.54, 1.807) is 6.07 Å². The second-order valence-corrected chi connectivity index (χ2v) is 4.72. The molecule has 0 aliphatic carbocycles. The van der Waals surface area contributed by atoms with Crippen molar-refractivity contribution in [1.29, 1.82) is 0 Å². The minimum atomic E-state index is -0.163. The van der Waals surface area contributed by atoms with Crippen molar-refractivity contribution in [2.24, 2.45) is 0 Å². The summed E-state index contributed by atoms with van der Waals surface area (Å²) in [5, 5.41) is 0. The molecule has 1 heterocycles. The summed E-state index contributed by atoms with van der Waals surface area (Å²) in [5.41, 5.74) is 6.04. The van der Waals surface area contributed by atoms with Crippen molar-refractivity contribution in [3.05, 3.63) is 58.2 Å². The van der Waals surface area contributed by atoms with Crippen LogP contribution in [-0.2, 0) is 6.54 Å². The lowest BCUT2D eigenvalue weighted by Gasteiger charge is -2.09. The Morgan fingerprint density at radius 3 is 2.35 bits per heavy atom. The summed E-state index contributed by atoms with van der Waals surface area (Å²) < 4.78 is 15.4. The summed E-state index contributed by atoms with van der Waals surface area (Å²) in [6.45, 7) is 9.10. The fourth-order valence-electron chi connectivity index (χ4n) is 2.09. The normalized spacial score (nSPS) is 10.9. The Balaban J connectivity index is 2.37. The van der Waals surface area contributed by atoms with Crippen LogP contribution >= 0.6 is 0 Å². The molecule has 0 amide bonds. The molecule has 0 spiro atoms. The Morgan fingerprint density at radius 2 is 1.76 bits per heavy atom. The van der Waals surface area contributed by atoms with Crippen molar-refractivity contribution in [3.8, 4) is 0 Å². The molecule has 17 heavy (non-hydrogen) atoms. The van der Waals surface area contributed by atoms with E-state index in [-0.39, 0.29) is 5.82 Å². The molecule has 90 valence electrons. The van der Waals surface area contributed by atoms with Crippen molar-refractivity contribution < 1.29 is 4.39 Å². The van der Waals surface area contributed by atoms with E-state index in [0.717, 1.165) is 17.7 Å². The van der Waals surface area contributed by atoms with Gasteiger partial charge in [0, 0.05) is 18.4 Å². The zero-order valence-corrected chi connectivity index (χ0v) is 10.8. The highest BCUT2D eigenvalue weighted by molar-refractivity contribution is 5.32. The molecule has 0 N–H and O–H groups in total. The van der Waals surface area contributed by atoms with Gasteiger partial charge in [-0.3, -0.25) is 0 Å². The zero-order chi connectivity index (χ0) is 12.6. The molecule has 1 nitrogen and oxygen atoms in total. The molecule has 2 heteroatoms. The maximum absolute atomic E-state index is 13.2. The first-order valence-corrected chi connectivity index (χ1v) is 5.87. The summed E-state index contributed by atoms with van der Waals surface area (Å²) in [4.78, 5) is 0. The van der Waals surface area contributed by atoms with E-state index in [9.17, 15) is 4.39 Å². The van der Waals surface area contributed by atoms with Crippen LogP contribution in [0.3, 0.4) is 0 Å². The SMILES string of the molecule is Cc1ccc(F)cc1Cn1cc(C)c(C)c1C. The van der Waals surface area contributed by atoms with Crippen LogP contribution in [0.25, 0.3) is 0 Å². The molecule has 0 saturated heterocycles. The molecule has 0 saturated carbocycles. The van der Waals surface area contributed by atoms with Gasteiger partial charge in [-0.15, -0.1) is 0 Å². The molecule has 2 aromatic rings. The second-order valence-electron chi connectivity index (χ2n) is 4.72. The van der Waals surface area contributed by atoms with Crippen LogP contribution in [0.4, 0.5) is 4.39 Å². The van der Waals surface area contributed by atoms with Gasteiger partial charge in [0.1, 0.15) is 5.82 Å². The third-order valence-corrected chi connectivity index (χ3v) is 3.57. The van der Waals surface area contributed by atoms with Gasteiger partial charge >= 0.3 is 0 Å². The summed E-state index contributed by atoms with van der Waals surface area (Å²) in [6, 6.07) is 4.97. The van der Waals surface area contributed by atoms with E-state index < -0.39 is 0 Å². The first-order valence-electron chi connectivity index (χ1n) is 5.87. The summed E-state index contributed by atoms with van der Waals surface area (Å²) in [6.07, 6.45) is 2.13. The molecule has 1 aromatic carbocycles. The number of aryl methyl sites for hydroxylation is 2. The third kappa shape index (κ3) is 2.26. The average molecular weight is 231 g/mol. The predicted molar refractivity (Wildman–Crippen MR) is 68.9 cm³/mol. The van der Waals surface area contributed by atoms with Crippen LogP contribution < -0.4 is 0 Å². The fourth-order valence-corrected chi connectivity index (χ4v) is 2.09. The van der Waals surface area contributed by atoms with Gasteiger partial charge in [-0.25, -0.2) is 4.39 Å². The third-order valence-electron chi connectivity index (χ3n) is 3.57. The van der Waals surface area contributed by atoms with Gasteiger partial charge in [-0.05, 0) is 62.1 Å². The highest BCUT2D eigenvalue weighted by Crippen LogP contribution is 2.18. The molecule has 0 aliphatic rings. The Kier molecular flexibility index (Phi) is 3.05. The Morgan fingerprint density at radius 1 is 1.06 bits per heavy atom. The van der Waals surface area contributed by atoms with Crippen molar-refractivity contribution in [2.75, 3.05) is 0 Å². The molecule has 0 radical (unpaired) electrons. The maximum atomic E-state index is 13.2. The molecule has 0 atom stereocenters. The monoisotopic (exact) mass is 231 g/mol. The van der Waals surface area contributed by atoms with Gasteiger partial charge < -0.3 is 4.57 Å². The Hall–Kier alpha value is -1.57. The number of hydrogen-bond donors (Lipinski definition) is 0. The Bertz CT molecular complexity index is 552. The van der Waals surface area contributed by atoms with Crippen LogP contribution in [0, 0.1) is 33.5 Å². The fraction of sp³-hybridized carbons (Fsp3) is 0.333. The average Bonchev–Trinajstić information content (AvgIpc) is 2.52. The van der Waals surface area contributed by atoms with Crippen molar-refractivity contribution in [3.63, 3.8) is 0 Å². The lowest BCUT2D eigenvalue weighted by atomic mass is 10.1. The maximum Gasteiger partial charge on any atom is 0.123 e. The highest BCUT2D eigenvalue weighted by atomic mass is 19.1. The lowest BCUT2D eigenvalue weighted by molar-refractivity contribution is 0.622. The van der Waals surface area contributed by atoms with Gasteiger partial charge in [0.05, 0.1) is 0 Å². The quantitative estimate of drug-likeness (QED) is 0.738. The van der Waals surface area contributed by atoms with Gasteiger partial charge in [0.15, 0.2) is 0 Å². The molecule has 0 unspecified atom stereocenters. The predicted octanol–water partition coefficient (Wildman–Crippen LogP) is 3.91. The summed E-state index contributed by atoms with van der Waals surface area (Å²) in [5.74, 6) is -0.163. The van der Waals surface area contributed by atoms with Gasteiger partial charge in [0.25, 0.3) is 0 Å². The van der Waals surface area contributed by atoms with Crippen molar-refractivity contribution >= 4 is 0 Å². The lowest BCUT2D eigenvalue weighted by Crippen LogP contribution is -2.02. The standard InChI is InChI=1S/C15H18FN/c1-10-5-6-15(16)7-14(10)9-17-8-11(2)12(3)13(17)4/h5-8H,9H2,1-4H3. The van der Waals surface area contributed by atoms with Crippen LogP contribution in [0.2, 0.25) is 0 Å². The molecular weight excluding hydrogens is 213 g/mol. The molecule has 2 rings (SSSR count). The van der Waals surface area contributed by atoms with Crippen molar-refractivity contribution in [1.82, 2.24) is 4.57 Å². The first kappa shape index (κ1) is 11.9. The molecule has 0 bridgehead atoms. The van der Waals surface area contributed by atoms with E-state index >= 15 is 0 Å². The van der Waals surface area contributed by atoms with Crippen LogP contribution in [-0.4, -0.2) is 4.57 Å². The topological polar surface area (TPSA) is 4.93 Å². The number of benzene rings is 1. The summed E-state index contributed by atoms with van der Waals surface area (Å²) in [7, 11) is 0. The van der Waals surface area contributed by atoms with Gasteiger partial charge in [-0.1, -0.05) is 6.07 Å². The number of halogens is 1. The minimum absolute atomic E-state index is 0.163. The van der Waals surface area contributed by atoms with E-state index in [2.05, 4.69) is 31.5 Å². The van der Waals surface area contributed by atoms with Gasteiger partial charge in [0.2, 0.25) is 0 Å². The number of hydrogen-bond acceptors (Lipinski definition) is 0. The largest absolute Gasteiger partial charge is 0.347 e. The number of aromatic nitrogens is 1.